The van der Waals surface area contributed by atoms with E-state index in [9.17, 15) is 4.39 Å². The molecule has 1 aliphatic carbocycles. The molecule has 20 heavy (non-hydrogen) atoms. The van der Waals surface area contributed by atoms with Crippen LogP contribution in [-0.2, 0) is 6.42 Å². The third-order valence-corrected chi connectivity index (χ3v) is 4.71. The normalized spacial score (nSPS) is 20.6. The van der Waals surface area contributed by atoms with Gasteiger partial charge in [-0.3, -0.25) is 0 Å². The van der Waals surface area contributed by atoms with Crippen molar-refractivity contribution < 1.29 is 9.13 Å². The van der Waals surface area contributed by atoms with Crippen LogP contribution in [0.1, 0.15) is 45.1 Å². The number of hydrogen-bond donors (Lipinski definition) is 1. The monoisotopic (exact) mass is 279 g/mol. The van der Waals surface area contributed by atoms with E-state index in [0.29, 0.717) is 29.1 Å². The molecule has 1 aliphatic rings. The van der Waals surface area contributed by atoms with Gasteiger partial charge in [-0.15, -0.1) is 0 Å². The van der Waals surface area contributed by atoms with Gasteiger partial charge in [-0.1, -0.05) is 26.0 Å². The zero-order chi connectivity index (χ0) is 14.8. The zero-order valence-electron chi connectivity index (χ0n) is 12.8. The van der Waals surface area contributed by atoms with Crippen LogP contribution < -0.4 is 10.5 Å². The number of hydrogen-bond acceptors (Lipinski definition) is 2. The fourth-order valence-electron chi connectivity index (χ4n) is 3.14. The molecule has 1 aromatic carbocycles. The second-order valence-electron chi connectivity index (χ2n) is 6.80. The lowest BCUT2D eigenvalue weighted by molar-refractivity contribution is 0.172. The number of methoxy groups -OCH3 is 1. The fraction of sp³-hybridized carbons (Fsp3) is 0.647. The molecule has 1 fully saturated rings. The SMILES string of the molecule is COc1cccc(CC(N)C2CCC(C)(C)CC2)c1F. The first-order chi connectivity index (χ1) is 9.43. The van der Waals surface area contributed by atoms with Crippen LogP contribution >= 0.6 is 0 Å². The average molecular weight is 279 g/mol. The Labute approximate surface area is 121 Å². The highest BCUT2D eigenvalue weighted by Crippen LogP contribution is 2.39. The molecule has 2 N–H and O–H groups in total. The third-order valence-electron chi connectivity index (χ3n) is 4.71. The highest BCUT2D eigenvalue weighted by molar-refractivity contribution is 5.31. The molecule has 2 nitrogen and oxygen atoms in total. The second-order valence-corrected chi connectivity index (χ2v) is 6.80. The van der Waals surface area contributed by atoms with Gasteiger partial charge >= 0.3 is 0 Å². The van der Waals surface area contributed by atoms with Crippen LogP contribution in [-0.4, -0.2) is 13.2 Å². The number of nitrogens with two attached hydrogens (primary N) is 1. The van der Waals surface area contributed by atoms with Crippen LogP contribution in [0.15, 0.2) is 18.2 Å². The molecule has 0 radical (unpaired) electrons. The Morgan fingerprint density at radius 2 is 2.00 bits per heavy atom. The minimum absolute atomic E-state index is 0.0349. The van der Waals surface area contributed by atoms with Crippen molar-refractivity contribution in [3.63, 3.8) is 0 Å². The number of benzene rings is 1. The summed E-state index contributed by atoms with van der Waals surface area (Å²) in [6, 6.07) is 5.32. The van der Waals surface area contributed by atoms with Crippen LogP contribution in [0, 0.1) is 17.2 Å². The van der Waals surface area contributed by atoms with Crippen molar-refractivity contribution in [1.29, 1.82) is 0 Å². The summed E-state index contributed by atoms with van der Waals surface area (Å²) in [6.45, 7) is 4.63. The summed E-state index contributed by atoms with van der Waals surface area (Å²) in [5, 5.41) is 0. The fourth-order valence-corrected chi connectivity index (χ4v) is 3.14. The quantitative estimate of drug-likeness (QED) is 0.906. The van der Waals surface area contributed by atoms with Gasteiger partial charge in [-0.05, 0) is 55.1 Å². The van der Waals surface area contributed by atoms with Gasteiger partial charge in [0.05, 0.1) is 7.11 Å². The Kier molecular flexibility index (Phi) is 4.69. The van der Waals surface area contributed by atoms with Crippen molar-refractivity contribution in [3.05, 3.63) is 29.6 Å². The van der Waals surface area contributed by atoms with E-state index in [4.69, 9.17) is 10.5 Å². The second kappa shape index (κ2) is 6.13. The van der Waals surface area contributed by atoms with Crippen molar-refractivity contribution in [2.45, 2.75) is 52.0 Å². The molecular weight excluding hydrogens is 253 g/mol. The predicted molar refractivity (Wildman–Crippen MR) is 80.4 cm³/mol. The lowest BCUT2D eigenvalue weighted by Crippen LogP contribution is -2.36. The van der Waals surface area contributed by atoms with Gasteiger partial charge < -0.3 is 10.5 Å². The third kappa shape index (κ3) is 3.51. The van der Waals surface area contributed by atoms with Gasteiger partial charge in [-0.25, -0.2) is 4.39 Å². The highest BCUT2D eigenvalue weighted by atomic mass is 19.1. The van der Waals surface area contributed by atoms with Crippen LogP contribution in [0.2, 0.25) is 0 Å². The van der Waals surface area contributed by atoms with E-state index < -0.39 is 0 Å². The van der Waals surface area contributed by atoms with E-state index in [-0.39, 0.29) is 11.9 Å². The zero-order valence-corrected chi connectivity index (χ0v) is 12.8. The molecule has 0 saturated heterocycles. The summed E-state index contributed by atoms with van der Waals surface area (Å²) in [6.07, 6.45) is 5.32. The minimum atomic E-state index is -0.262. The van der Waals surface area contributed by atoms with Crippen LogP contribution in [0.3, 0.4) is 0 Å². The molecule has 0 bridgehead atoms. The van der Waals surface area contributed by atoms with Crippen molar-refractivity contribution in [1.82, 2.24) is 0 Å². The van der Waals surface area contributed by atoms with E-state index in [1.165, 1.54) is 20.0 Å². The van der Waals surface area contributed by atoms with E-state index in [2.05, 4.69) is 13.8 Å². The smallest absolute Gasteiger partial charge is 0.168 e. The van der Waals surface area contributed by atoms with E-state index in [1.807, 2.05) is 12.1 Å². The molecule has 0 amide bonds. The standard InChI is InChI=1S/C17H26FNO/c1-17(2)9-7-12(8-10-17)14(19)11-13-5-4-6-15(20-3)16(13)18/h4-6,12,14H,7-11,19H2,1-3H3. The topological polar surface area (TPSA) is 35.2 Å². The summed E-state index contributed by atoms with van der Waals surface area (Å²) >= 11 is 0. The van der Waals surface area contributed by atoms with Gasteiger partial charge in [0.1, 0.15) is 0 Å². The lowest BCUT2D eigenvalue weighted by Gasteiger charge is -2.37. The lowest BCUT2D eigenvalue weighted by atomic mass is 9.70. The van der Waals surface area contributed by atoms with Gasteiger partial charge in [0.15, 0.2) is 11.6 Å². The summed E-state index contributed by atoms with van der Waals surface area (Å²) in [5.41, 5.74) is 7.43. The molecule has 3 heteroatoms. The summed E-state index contributed by atoms with van der Waals surface area (Å²) in [4.78, 5) is 0. The number of halogens is 1. The van der Waals surface area contributed by atoms with E-state index in [1.54, 1.807) is 6.07 Å². The van der Waals surface area contributed by atoms with Gasteiger partial charge in [0.2, 0.25) is 0 Å². The first-order valence-corrected chi connectivity index (χ1v) is 7.50. The molecule has 0 heterocycles. The molecule has 1 aromatic rings. The minimum Gasteiger partial charge on any atom is -0.494 e. The molecule has 112 valence electrons. The van der Waals surface area contributed by atoms with Gasteiger partial charge in [0.25, 0.3) is 0 Å². The van der Waals surface area contributed by atoms with E-state index >= 15 is 0 Å². The highest BCUT2D eigenvalue weighted by Gasteiger charge is 2.30. The van der Waals surface area contributed by atoms with Crippen molar-refractivity contribution in [3.8, 4) is 5.75 Å². The molecule has 2 rings (SSSR count). The maximum atomic E-state index is 14.1. The maximum absolute atomic E-state index is 14.1. The summed E-state index contributed by atoms with van der Waals surface area (Å²) in [7, 11) is 1.49. The Bertz CT molecular complexity index is 448. The molecule has 0 spiro atoms. The first kappa shape index (κ1) is 15.3. The average Bonchev–Trinajstić information content (AvgIpc) is 2.41. The van der Waals surface area contributed by atoms with Gasteiger partial charge in [-0.2, -0.15) is 0 Å². The van der Waals surface area contributed by atoms with E-state index in [0.717, 1.165) is 12.8 Å². The molecule has 1 unspecified atom stereocenters. The Morgan fingerprint density at radius 1 is 1.35 bits per heavy atom. The number of rotatable bonds is 4. The molecule has 1 saturated carbocycles. The summed E-state index contributed by atoms with van der Waals surface area (Å²) < 4.78 is 19.2. The predicted octanol–water partition coefficient (Wildman–Crippen LogP) is 3.92. The maximum Gasteiger partial charge on any atom is 0.168 e. The van der Waals surface area contributed by atoms with Crippen LogP contribution in [0.4, 0.5) is 4.39 Å². The van der Waals surface area contributed by atoms with Crippen molar-refractivity contribution in [2.24, 2.45) is 17.1 Å². The first-order valence-electron chi connectivity index (χ1n) is 7.50. The number of ether oxygens (including phenoxy) is 1. The Hall–Kier alpha value is -1.09. The van der Waals surface area contributed by atoms with Crippen molar-refractivity contribution in [2.75, 3.05) is 7.11 Å². The Balaban J connectivity index is 2.00. The van der Waals surface area contributed by atoms with Crippen molar-refractivity contribution >= 4 is 0 Å². The molecule has 0 aromatic heterocycles. The van der Waals surface area contributed by atoms with Crippen LogP contribution in [0.5, 0.6) is 5.75 Å². The molecule has 1 atom stereocenters. The van der Waals surface area contributed by atoms with Crippen LogP contribution in [0.25, 0.3) is 0 Å². The largest absolute Gasteiger partial charge is 0.494 e. The Morgan fingerprint density at radius 3 is 2.60 bits per heavy atom. The summed E-state index contributed by atoms with van der Waals surface area (Å²) in [5.74, 6) is 0.551. The molecule has 0 aliphatic heterocycles. The van der Waals surface area contributed by atoms with Gasteiger partial charge in [0, 0.05) is 6.04 Å². The molecular formula is C17H26FNO.